The molecule has 0 saturated heterocycles. The number of nitrogens with zero attached hydrogens (tertiary/aromatic N) is 3. The Morgan fingerprint density at radius 3 is 2.81 bits per heavy atom. The van der Waals surface area contributed by atoms with Crippen molar-refractivity contribution in [2.75, 3.05) is 20.2 Å². The maximum Gasteiger partial charge on any atom is 0.341 e. The quantitative estimate of drug-likeness (QED) is 0.376. The highest BCUT2D eigenvalue weighted by molar-refractivity contribution is 5.90. The van der Waals surface area contributed by atoms with Gasteiger partial charge < -0.3 is 24.9 Å². The van der Waals surface area contributed by atoms with E-state index in [2.05, 4.69) is 20.7 Å². The maximum absolute atomic E-state index is 11.7. The normalized spacial score (nSPS) is 13.9. The Labute approximate surface area is 158 Å². The van der Waals surface area contributed by atoms with Gasteiger partial charge in [-0.15, -0.1) is 0 Å². The molecule has 1 unspecified atom stereocenters. The van der Waals surface area contributed by atoms with E-state index in [9.17, 15) is 9.90 Å². The molecule has 27 heavy (non-hydrogen) atoms. The van der Waals surface area contributed by atoms with Crippen molar-refractivity contribution < 1.29 is 19.1 Å². The summed E-state index contributed by atoms with van der Waals surface area (Å²) in [6.45, 7) is 6.50. The molecule has 2 aromatic heterocycles. The van der Waals surface area contributed by atoms with Gasteiger partial charge in [0.15, 0.2) is 5.96 Å². The third-order valence-electron chi connectivity index (χ3n) is 4.04. The minimum atomic E-state index is -1.11. The topological polar surface area (TPSA) is 114 Å². The molecule has 148 valence electrons. The molecule has 0 bridgehead atoms. The molecule has 3 N–H and O–H groups in total. The number of aliphatic hydroxyl groups is 1. The van der Waals surface area contributed by atoms with E-state index >= 15 is 0 Å². The Hall–Kier alpha value is -2.81. The zero-order valence-electron chi connectivity index (χ0n) is 16.4. The molecule has 2 heterocycles. The lowest BCUT2D eigenvalue weighted by molar-refractivity contribution is 0.0597. The van der Waals surface area contributed by atoms with E-state index in [4.69, 9.17) is 9.15 Å². The Balaban J connectivity index is 2.05. The lowest BCUT2D eigenvalue weighted by Gasteiger charge is -2.23. The molecule has 0 fully saturated rings. The van der Waals surface area contributed by atoms with Crippen molar-refractivity contribution in [2.24, 2.45) is 12.0 Å². The third-order valence-corrected chi connectivity index (χ3v) is 4.04. The number of rotatable bonds is 7. The fourth-order valence-electron chi connectivity index (χ4n) is 2.49. The Kier molecular flexibility index (Phi) is 6.62. The molecule has 2 rings (SSSR count). The van der Waals surface area contributed by atoms with Crippen LogP contribution in [0.3, 0.4) is 0 Å². The van der Waals surface area contributed by atoms with Crippen LogP contribution in [-0.2, 0) is 23.9 Å². The smallest absolute Gasteiger partial charge is 0.341 e. The second-order valence-corrected chi connectivity index (χ2v) is 6.40. The van der Waals surface area contributed by atoms with Crippen LogP contribution in [0, 0.1) is 6.92 Å². The zero-order valence-corrected chi connectivity index (χ0v) is 16.4. The fraction of sp³-hybridized carbons (Fsp3) is 0.500. The fourth-order valence-corrected chi connectivity index (χ4v) is 2.49. The van der Waals surface area contributed by atoms with E-state index in [0.717, 1.165) is 0 Å². The van der Waals surface area contributed by atoms with E-state index < -0.39 is 11.6 Å². The first-order valence-electron chi connectivity index (χ1n) is 8.68. The molecule has 1 atom stereocenters. The predicted octanol–water partition coefficient (Wildman–Crippen LogP) is 1.07. The van der Waals surface area contributed by atoms with Crippen molar-refractivity contribution in [3.8, 4) is 0 Å². The summed E-state index contributed by atoms with van der Waals surface area (Å²) in [5.41, 5.74) is -0.0121. The number of methoxy groups -OCH3 is 1. The largest absolute Gasteiger partial charge is 0.465 e. The number of nitrogens with one attached hydrogen (secondary N) is 2. The molecule has 0 saturated carbocycles. The number of carbonyl (C=O) groups is 1. The van der Waals surface area contributed by atoms with Gasteiger partial charge in [-0.2, -0.15) is 5.10 Å². The number of ether oxygens (including phenoxy) is 1. The van der Waals surface area contributed by atoms with Crippen LogP contribution in [0.2, 0.25) is 0 Å². The van der Waals surface area contributed by atoms with Crippen molar-refractivity contribution in [2.45, 2.75) is 32.9 Å². The van der Waals surface area contributed by atoms with Gasteiger partial charge in [0.1, 0.15) is 29.2 Å². The summed E-state index contributed by atoms with van der Waals surface area (Å²) >= 11 is 0. The number of furan rings is 1. The monoisotopic (exact) mass is 377 g/mol. The molecule has 9 nitrogen and oxygen atoms in total. The van der Waals surface area contributed by atoms with Gasteiger partial charge in [-0.05, 0) is 26.8 Å². The molecule has 0 aliphatic carbocycles. The van der Waals surface area contributed by atoms with Crippen molar-refractivity contribution in [1.29, 1.82) is 0 Å². The van der Waals surface area contributed by atoms with E-state index in [1.54, 1.807) is 44.0 Å². The number of aryl methyl sites for hydroxylation is 2. The standard InChI is InChI=1S/C18H27N5O4/c1-6-19-17(21-11-18(3,25)13-8-22-23(4)10-13)20-9-14-7-15(12(2)27-14)16(24)26-5/h7-8,10,25H,6,9,11H2,1-5H3,(H2,19,20,21). The van der Waals surface area contributed by atoms with Gasteiger partial charge in [0.25, 0.3) is 0 Å². The predicted molar refractivity (Wildman–Crippen MR) is 100 cm³/mol. The van der Waals surface area contributed by atoms with Gasteiger partial charge in [-0.25, -0.2) is 9.79 Å². The highest BCUT2D eigenvalue weighted by Gasteiger charge is 2.25. The summed E-state index contributed by atoms with van der Waals surface area (Å²) in [6.07, 6.45) is 3.40. The number of aliphatic imine (C=N–C) groups is 1. The summed E-state index contributed by atoms with van der Waals surface area (Å²) in [5.74, 6) is 1.12. The highest BCUT2D eigenvalue weighted by atomic mass is 16.5. The molecule has 9 heteroatoms. The molecule has 2 aromatic rings. The first kappa shape index (κ1) is 20.5. The average Bonchev–Trinajstić information content (AvgIpc) is 3.23. The minimum absolute atomic E-state index is 0.238. The third kappa shape index (κ3) is 5.33. The van der Waals surface area contributed by atoms with Gasteiger partial charge in [0.05, 0.1) is 19.9 Å². The number of esters is 1. The number of hydrogen-bond donors (Lipinski definition) is 3. The maximum atomic E-state index is 11.7. The van der Waals surface area contributed by atoms with Gasteiger partial charge in [-0.1, -0.05) is 0 Å². The van der Waals surface area contributed by atoms with Crippen LogP contribution >= 0.6 is 0 Å². The number of hydrogen-bond acceptors (Lipinski definition) is 6. The van der Waals surface area contributed by atoms with E-state index in [1.807, 2.05) is 6.92 Å². The molecule has 0 aliphatic rings. The lowest BCUT2D eigenvalue weighted by Crippen LogP contribution is -2.44. The van der Waals surface area contributed by atoms with Gasteiger partial charge in [0.2, 0.25) is 0 Å². The van der Waals surface area contributed by atoms with Crippen LogP contribution in [0.4, 0.5) is 0 Å². The Morgan fingerprint density at radius 1 is 1.48 bits per heavy atom. The first-order chi connectivity index (χ1) is 12.8. The summed E-state index contributed by atoms with van der Waals surface area (Å²) in [7, 11) is 3.13. The molecule has 0 aromatic carbocycles. The summed E-state index contributed by atoms with van der Waals surface area (Å²) in [4.78, 5) is 16.1. The van der Waals surface area contributed by atoms with Crippen molar-refractivity contribution in [1.82, 2.24) is 20.4 Å². The molecule has 0 spiro atoms. The van der Waals surface area contributed by atoms with Crippen LogP contribution in [-0.4, -0.2) is 47.0 Å². The molecular weight excluding hydrogens is 350 g/mol. The Morgan fingerprint density at radius 2 is 2.22 bits per heavy atom. The van der Waals surface area contributed by atoms with Gasteiger partial charge in [-0.3, -0.25) is 4.68 Å². The van der Waals surface area contributed by atoms with E-state index in [0.29, 0.717) is 35.2 Å². The van der Waals surface area contributed by atoms with Gasteiger partial charge >= 0.3 is 5.97 Å². The summed E-state index contributed by atoms with van der Waals surface area (Å²) in [6, 6.07) is 1.63. The SMILES string of the molecule is CCNC(=NCc1cc(C(=O)OC)c(C)o1)NCC(C)(O)c1cnn(C)c1. The Bertz CT molecular complexity index is 807. The first-order valence-corrected chi connectivity index (χ1v) is 8.68. The van der Waals surface area contributed by atoms with Crippen LogP contribution in [0.1, 0.15) is 41.3 Å². The van der Waals surface area contributed by atoms with Crippen LogP contribution in [0.25, 0.3) is 0 Å². The molecule has 0 aliphatic heterocycles. The van der Waals surface area contributed by atoms with Crippen LogP contribution < -0.4 is 10.6 Å². The summed E-state index contributed by atoms with van der Waals surface area (Å²) in [5, 5.41) is 21.0. The average molecular weight is 377 g/mol. The minimum Gasteiger partial charge on any atom is -0.465 e. The van der Waals surface area contributed by atoms with Crippen molar-refractivity contribution in [3.63, 3.8) is 0 Å². The second-order valence-electron chi connectivity index (χ2n) is 6.40. The molecular formula is C18H27N5O4. The van der Waals surface area contributed by atoms with Crippen molar-refractivity contribution in [3.05, 3.63) is 41.1 Å². The van der Waals surface area contributed by atoms with Gasteiger partial charge in [0, 0.05) is 25.4 Å². The zero-order chi connectivity index (χ0) is 20.0. The van der Waals surface area contributed by atoms with Crippen molar-refractivity contribution >= 4 is 11.9 Å². The van der Waals surface area contributed by atoms with Crippen LogP contribution in [0.5, 0.6) is 0 Å². The highest BCUT2D eigenvalue weighted by Crippen LogP contribution is 2.19. The molecule has 0 radical (unpaired) electrons. The molecule has 0 amide bonds. The lowest BCUT2D eigenvalue weighted by atomic mass is 10.00. The second kappa shape index (κ2) is 8.72. The van der Waals surface area contributed by atoms with E-state index in [-0.39, 0.29) is 13.1 Å². The summed E-state index contributed by atoms with van der Waals surface area (Å²) < 4.78 is 11.9. The van der Waals surface area contributed by atoms with E-state index in [1.165, 1.54) is 7.11 Å². The number of guanidine groups is 1. The number of carbonyl (C=O) groups excluding carboxylic acids is 1. The number of aromatic nitrogens is 2. The van der Waals surface area contributed by atoms with Crippen LogP contribution in [0.15, 0.2) is 27.9 Å².